The fourth-order valence-electron chi connectivity index (χ4n) is 8.41. The minimum absolute atomic E-state index is 0.0337. The molecule has 0 aromatic heterocycles. The summed E-state index contributed by atoms with van der Waals surface area (Å²) in [6.07, 6.45) is -9.05. The van der Waals surface area contributed by atoms with Gasteiger partial charge in [-0.3, -0.25) is 4.79 Å². The van der Waals surface area contributed by atoms with Gasteiger partial charge in [-0.2, -0.15) is 0 Å². The van der Waals surface area contributed by atoms with Gasteiger partial charge in [-0.25, -0.2) is 0 Å². The highest BCUT2D eigenvalue weighted by Crippen LogP contribution is 2.35. The third-order valence-electron chi connectivity index (χ3n) is 11.8. The maximum atomic E-state index is 13.1. The van der Waals surface area contributed by atoms with Crippen LogP contribution in [0.4, 0.5) is 0 Å². The lowest BCUT2D eigenvalue weighted by atomic mass is 9.94. The van der Waals surface area contributed by atoms with Crippen molar-refractivity contribution in [2.24, 2.45) is 0 Å². The standard InChI is InChI=1S/C56H61NO11/c1-40(58)57-49-53(63-35-44-26-14-5-15-27-44)52(48(39-61-33-42-22-10-3-11-23-42)66-55(49)65-37-46-30-18-7-19-31-46)68-56-50(59)54(64-36-45-28-16-6-17-29-45)51(62-34-43-24-12-4-13-25-43)47(67-56)38-60-32-41-20-8-2-9-21-41/h2-31,47-56,59H,32-39H2,1H3,(H,57,58)/t47-,48-,49-,50+,51-,52-,53-,54-,55+,56+/m1/s1. The summed E-state index contributed by atoms with van der Waals surface area (Å²) >= 11 is 0. The van der Waals surface area contributed by atoms with E-state index in [9.17, 15) is 9.90 Å². The van der Waals surface area contributed by atoms with Crippen LogP contribution in [-0.2, 0) is 87.1 Å². The van der Waals surface area contributed by atoms with E-state index in [4.69, 9.17) is 42.6 Å². The van der Waals surface area contributed by atoms with Crippen LogP contribution in [0.3, 0.4) is 0 Å². The van der Waals surface area contributed by atoms with Gasteiger partial charge in [0.2, 0.25) is 5.91 Å². The number of hydrogen-bond acceptors (Lipinski definition) is 11. The molecule has 8 rings (SSSR count). The van der Waals surface area contributed by atoms with Gasteiger partial charge >= 0.3 is 0 Å². The number of rotatable bonds is 23. The molecule has 6 aromatic carbocycles. The van der Waals surface area contributed by atoms with Crippen LogP contribution in [0, 0.1) is 0 Å². The molecule has 2 heterocycles. The Labute approximate surface area is 399 Å². The fraction of sp³-hybridized carbons (Fsp3) is 0.339. The second-order valence-electron chi connectivity index (χ2n) is 17.0. The van der Waals surface area contributed by atoms with Crippen molar-refractivity contribution in [3.8, 4) is 0 Å². The van der Waals surface area contributed by atoms with Crippen LogP contribution in [-0.4, -0.2) is 85.6 Å². The van der Waals surface area contributed by atoms with Crippen molar-refractivity contribution in [1.29, 1.82) is 0 Å². The number of hydrogen-bond donors (Lipinski definition) is 2. The minimum Gasteiger partial charge on any atom is -0.385 e. The summed E-state index contributed by atoms with van der Waals surface area (Å²) in [6, 6.07) is 57.8. The van der Waals surface area contributed by atoms with Crippen LogP contribution < -0.4 is 5.32 Å². The maximum absolute atomic E-state index is 13.1. The first kappa shape index (κ1) is 48.8. The highest BCUT2D eigenvalue weighted by molar-refractivity contribution is 5.73. The Balaban J connectivity index is 1.14. The van der Waals surface area contributed by atoms with Crippen molar-refractivity contribution in [3.05, 3.63) is 215 Å². The summed E-state index contributed by atoms with van der Waals surface area (Å²) in [7, 11) is 0. The fourth-order valence-corrected chi connectivity index (χ4v) is 8.41. The minimum atomic E-state index is -1.39. The van der Waals surface area contributed by atoms with Crippen molar-refractivity contribution in [1.82, 2.24) is 5.32 Å². The first-order chi connectivity index (χ1) is 33.5. The Hall–Kier alpha value is -5.61. The summed E-state index contributed by atoms with van der Waals surface area (Å²) in [5.41, 5.74) is 5.62. The molecule has 12 nitrogen and oxygen atoms in total. The van der Waals surface area contributed by atoms with E-state index in [0.29, 0.717) is 6.61 Å². The molecular formula is C56H61NO11. The zero-order valence-electron chi connectivity index (χ0n) is 38.3. The third kappa shape index (κ3) is 14.2. The molecule has 12 heteroatoms. The molecule has 68 heavy (non-hydrogen) atoms. The molecule has 0 radical (unpaired) electrons. The second-order valence-corrected chi connectivity index (χ2v) is 17.0. The molecule has 0 unspecified atom stereocenters. The maximum Gasteiger partial charge on any atom is 0.217 e. The molecule has 0 saturated carbocycles. The largest absolute Gasteiger partial charge is 0.385 e. The van der Waals surface area contributed by atoms with Crippen LogP contribution in [0.2, 0.25) is 0 Å². The smallest absolute Gasteiger partial charge is 0.217 e. The number of aliphatic hydroxyl groups excluding tert-OH is 1. The zero-order chi connectivity index (χ0) is 46.8. The Kier molecular flexibility index (Phi) is 18.4. The summed E-state index contributed by atoms with van der Waals surface area (Å²) in [5.74, 6) is -0.324. The van der Waals surface area contributed by atoms with Crippen LogP contribution in [0.15, 0.2) is 182 Å². The first-order valence-corrected chi connectivity index (χ1v) is 23.2. The number of ether oxygens (including phenoxy) is 9. The second kappa shape index (κ2) is 25.7. The Morgan fingerprint density at radius 3 is 1.19 bits per heavy atom. The van der Waals surface area contributed by atoms with Crippen LogP contribution in [0.1, 0.15) is 40.3 Å². The molecule has 10 atom stereocenters. The van der Waals surface area contributed by atoms with E-state index in [-0.39, 0.29) is 52.2 Å². The number of amides is 1. The van der Waals surface area contributed by atoms with Crippen molar-refractivity contribution < 1.29 is 52.5 Å². The first-order valence-electron chi connectivity index (χ1n) is 23.2. The van der Waals surface area contributed by atoms with Crippen LogP contribution in [0.25, 0.3) is 0 Å². The van der Waals surface area contributed by atoms with Gasteiger partial charge in [0.05, 0.1) is 52.9 Å². The SMILES string of the molecule is CC(=O)N[C@H]1[C@@H](OCc2ccccc2)O[C@H](COCc2ccccc2)[C@@H](O[C@@H]2O[C@H](COCc3ccccc3)[C@@H](OCc3ccccc3)[C@H](OCc3ccccc3)[C@@H]2O)[C@@H]1OCc1ccccc1. The average molecular weight is 924 g/mol. The predicted octanol–water partition coefficient (Wildman–Crippen LogP) is 8.09. The van der Waals surface area contributed by atoms with Crippen molar-refractivity contribution in [3.63, 3.8) is 0 Å². The lowest BCUT2D eigenvalue weighted by molar-refractivity contribution is -0.360. The van der Waals surface area contributed by atoms with Gasteiger partial charge in [-0.15, -0.1) is 0 Å². The molecule has 2 fully saturated rings. The summed E-state index contributed by atoms with van der Waals surface area (Å²) in [5, 5.41) is 15.7. The van der Waals surface area contributed by atoms with Gasteiger partial charge in [0.25, 0.3) is 0 Å². The molecule has 1 amide bonds. The van der Waals surface area contributed by atoms with Crippen LogP contribution >= 0.6 is 0 Å². The number of nitrogens with one attached hydrogen (secondary N) is 1. The van der Waals surface area contributed by atoms with E-state index < -0.39 is 61.3 Å². The Bertz CT molecular complexity index is 2330. The monoisotopic (exact) mass is 923 g/mol. The zero-order valence-corrected chi connectivity index (χ0v) is 38.3. The van der Waals surface area contributed by atoms with Crippen molar-refractivity contribution in [2.45, 2.75) is 108 Å². The molecule has 2 aliphatic rings. The van der Waals surface area contributed by atoms with Gasteiger partial charge < -0.3 is 53.1 Å². The Morgan fingerprint density at radius 2 is 0.779 bits per heavy atom. The molecule has 0 spiro atoms. The summed E-state index contributed by atoms with van der Waals surface area (Å²) in [4.78, 5) is 13.1. The lowest BCUT2D eigenvalue weighted by Gasteiger charge is -2.49. The van der Waals surface area contributed by atoms with E-state index in [2.05, 4.69) is 5.32 Å². The van der Waals surface area contributed by atoms with Crippen LogP contribution in [0.5, 0.6) is 0 Å². The predicted molar refractivity (Wildman–Crippen MR) is 254 cm³/mol. The topological polar surface area (TPSA) is 132 Å². The summed E-state index contributed by atoms with van der Waals surface area (Å²) in [6.45, 7) is 2.89. The average Bonchev–Trinajstić information content (AvgIpc) is 3.38. The van der Waals surface area contributed by atoms with E-state index >= 15 is 0 Å². The number of carbonyl (C=O) groups is 1. The van der Waals surface area contributed by atoms with Crippen molar-refractivity contribution in [2.75, 3.05) is 13.2 Å². The van der Waals surface area contributed by atoms with Crippen molar-refractivity contribution >= 4 is 5.91 Å². The molecule has 6 aromatic rings. The molecule has 2 N–H and O–H groups in total. The number of carbonyl (C=O) groups excluding carboxylic acids is 1. The number of benzene rings is 6. The van der Waals surface area contributed by atoms with E-state index in [0.717, 1.165) is 33.4 Å². The quantitative estimate of drug-likeness (QED) is 0.0647. The van der Waals surface area contributed by atoms with Gasteiger partial charge in [0, 0.05) is 6.92 Å². The molecule has 0 aliphatic carbocycles. The van der Waals surface area contributed by atoms with E-state index in [1.807, 2.05) is 182 Å². The lowest BCUT2D eigenvalue weighted by Crippen LogP contribution is -2.68. The van der Waals surface area contributed by atoms with Gasteiger partial charge in [0.15, 0.2) is 12.6 Å². The third-order valence-corrected chi connectivity index (χ3v) is 11.8. The highest BCUT2D eigenvalue weighted by Gasteiger charge is 2.53. The van der Waals surface area contributed by atoms with Gasteiger partial charge in [0.1, 0.15) is 48.8 Å². The Morgan fingerprint density at radius 1 is 0.441 bits per heavy atom. The number of aliphatic hydroxyl groups is 1. The molecule has 356 valence electrons. The molecule has 2 aliphatic heterocycles. The van der Waals surface area contributed by atoms with Gasteiger partial charge in [-0.05, 0) is 33.4 Å². The molecule has 0 bridgehead atoms. The highest BCUT2D eigenvalue weighted by atomic mass is 16.7. The van der Waals surface area contributed by atoms with E-state index in [1.54, 1.807) is 0 Å². The van der Waals surface area contributed by atoms with Gasteiger partial charge in [-0.1, -0.05) is 182 Å². The molecule has 2 saturated heterocycles. The van der Waals surface area contributed by atoms with E-state index in [1.165, 1.54) is 6.92 Å². The molecular weight excluding hydrogens is 863 g/mol. The summed E-state index contributed by atoms with van der Waals surface area (Å²) < 4.78 is 60.2. The normalized spacial score (nSPS) is 24.9.